The van der Waals surface area contributed by atoms with Gasteiger partial charge in [-0.1, -0.05) is 12.1 Å². The van der Waals surface area contributed by atoms with Gasteiger partial charge in [-0.05, 0) is 37.8 Å². The first-order valence-corrected chi connectivity index (χ1v) is 6.47. The van der Waals surface area contributed by atoms with E-state index in [0.717, 1.165) is 24.0 Å². The minimum absolute atomic E-state index is 0.165. The molecule has 0 aliphatic carbocycles. The van der Waals surface area contributed by atoms with Gasteiger partial charge in [0.2, 0.25) is 0 Å². The summed E-state index contributed by atoms with van der Waals surface area (Å²) in [6.45, 7) is 4.18. The van der Waals surface area contributed by atoms with Gasteiger partial charge in [0.1, 0.15) is 0 Å². The second-order valence-corrected chi connectivity index (χ2v) is 4.87. The van der Waals surface area contributed by atoms with E-state index in [1.54, 1.807) is 0 Å². The van der Waals surface area contributed by atoms with Crippen molar-refractivity contribution in [1.82, 2.24) is 4.90 Å². The van der Waals surface area contributed by atoms with Crippen LogP contribution in [0.4, 0.5) is 0 Å². The number of carbonyl (C=O) groups is 2. The van der Waals surface area contributed by atoms with Crippen molar-refractivity contribution in [2.24, 2.45) is 0 Å². The highest BCUT2D eigenvalue weighted by molar-refractivity contribution is 6.22. The highest BCUT2D eigenvalue weighted by atomic mass is 16.2. The van der Waals surface area contributed by atoms with E-state index < -0.39 is 0 Å². The molecule has 2 rings (SSSR count). The van der Waals surface area contributed by atoms with Gasteiger partial charge in [-0.2, -0.15) is 0 Å². The minimum Gasteiger partial charge on any atom is -0.274 e. The lowest BCUT2D eigenvalue weighted by atomic mass is 9.99. The minimum atomic E-state index is -0.165. The largest absolute Gasteiger partial charge is 0.274 e. The van der Waals surface area contributed by atoms with Crippen LogP contribution < -0.4 is 0 Å². The number of carbonyl (C=O) groups excluding carboxylic acids is 2. The summed E-state index contributed by atoms with van der Waals surface area (Å²) >= 11 is 0. The fourth-order valence-corrected chi connectivity index (χ4v) is 2.42. The predicted molar refractivity (Wildman–Crippen MR) is 74.0 cm³/mol. The topological polar surface area (TPSA) is 37.4 Å². The lowest BCUT2D eigenvalue weighted by molar-refractivity contribution is 0.0651. The van der Waals surface area contributed by atoms with Crippen molar-refractivity contribution < 1.29 is 9.59 Å². The smallest absolute Gasteiger partial charge is 0.261 e. The molecule has 0 saturated carbocycles. The average Bonchev–Trinajstić information content (AvgIpc) is 2.64. The van der Waals surface area contributed by atoms with Crippen molar-refractivity contribution in [1.29, 1.82) is 0 Å². The van der Waals surface area contributed by atoms with Gasteiger partial charge in [-0.15, -0.1) is 12.3 Å². The van der Waals surface area contributed by atoms with E-state index in [9.17, 15) is 9.59 Å². The third-order valence-corrected chi connectivity index (χ3v) is 3.49. The summed E-state index contributed by atoms with van der Waals surface area (Å²) in [4.78, 5) is 26.0. The van der Waals surface area contributed by atoms with Crippen molar-refractivity contribution in [2.45, 2.75) is 33.1 Å². The van der Waals surface area contributed by atoms with Gasteiger partial charge < -0.3 is 0 Å². The molecule has 19 heavy (non-hydrogen) atoms. The average molecular weight is 255 g/mol. The molecule has 3 nitrogen and oxygen atoms in total. The van der Waals surface area contributed by atoms with Crippen LogP contribution in [-0.4, -0.2) is 23.3 Å². The molecule has 0 aromatic heterocycles. The number of hydrogen-bond donors (Lipinski definition) is 0. The van der Waals surface area contributed by atoms with Crippen LogP contribution in [-0.2, 0) is 0 Å². The molecule has 1 aromatic carbocycles. The molecule has 0 atom stereocenters. The van der Waals surface area contributed by atoms with Crippen molar-refractivity contribution >= 4 is 11.8 Å². The van der Waals surface area contributed by atoms with Crippen LogP contribution in [0.3, 0.4) is 0 Å². The summed E-state index contributed by atoms with van der Waals surface area (Å²) in [5, 5.41) is 0. The Morgan fingerprint density at radius 2 is 1.58 bits per heavy atom. The molecule has 0 fully saturated rings. The van der Waals surface area contributed by atoms with Crippen LogP contribution in [0.2, 0.25) is 0 Å². The quantitative estimate of drug-likeness (QED) is 0.471. The second kappa shape index (κ2) is 5.27. The summed E-state index contributed by atoms with van der Waals surface area (Å²) < 4.78 is 0. The van der Waals surface area contributed by atoms with Gasteiger partial charge in [0.05, 0.1) is 11.1 Å². The van der Waals surface area contributed by atoms with Gasteiger partial charge in [0, 0.05) is 13.0 Å². The molecular weight excluding hydrogens is 238 g/mol. The maximum absolute atomic E-state index is 12.3. The number of imide groups is 1. The van der Waals surface area contributed by atoms with Crippen LogP contribution >= 0.6 is 0 Å². The van der Waals surface area contributed by atoms with E-state index in [-0.39, 0.29) is 11.8 Å². The Morgan fingerprint density at radius 1 is 1.05 bits per heavy atom. The number of rotatable bonds is 4. The lowest BCUT2D eigenvalue weighted by Crippen LogP contribution is -2.30. The lowest BCUT2D eigenvalue weighted by Gasteiger charge is -2.13. The van der Waals surface area contributed by atoms with E-state index in [2.05, 4.69) is 5.92 Å². The Hall–Kier alpha value is -2.08. The number of aryl methyl sites for hydroxylation is 2. The van der Waals surface area contributed by atoms with E-state index >= 15 is 0 Å². The van der Waals surface area contributed by atoms with Crippen molar-refractivity contribution in [3.63, 3.8) is 0 Å². The predicted octanol–water partition coefficient (Wildman–Crippen LogP) is 2.70. The molecule has 1 aliphatic rings. The van der Waals surface area contributed by atoms with Crippen molar-refractivity contribution in [3.05, 3.63) is 34.4 Å². The number of benzene rings is 1. The van der Waals surface area contributed by atoms with Gasteiger partial charge >= 0.3 is 0 Å². The highest BCUT2D eigenvalue weighted by Gasteiger charge is 2.37. The number of fused-ring (bicyclic) bond motifs is 1. The molecule has 0 saturated heterocycles. The zero-order valence-electron chi connectivity index (χ0n) is 11.3. The van der Waals surface area contributed by atoms with Crippen LogP contribution in [0.15, 0.2) is 12.1 Å². The standard InChI is InChI=1S/C16H17NO2/c1-4-5-6-7-10-17-15(18)13-11(2)8-9-12(3)14(13)16(17)19/h1,8-9H,5-7,10H2,2-3H3. The van der Waals surface area contributed by atoms with Gasteiger partial charge in [-0.25, -0.2) is 0 Å². The molecule has 98 valence electrons. The molecule has 1 aromatic rings. The van der Waals surface area contributed by atoms with Gasteiger partial charge in [0.25, 0.3) is 11.8 Å². The summed E-state index contributed by atoms with van der Waals surface area (Å²) in [5.74, 6) is 2.23. The normalized spacial score (nSPS) is 13.6. The SMILES string of the molecule is C#CCCCCN1C(=O)c2c(C)ccc(C)c2C1=O. The van der Waals surface area contributed by atoms with Crippen molar-refractivity contribution in [3.8, 4) is 12.3 Å². The maximum atomic E-state index is 12.3. The zero-order valence-corrected chi connectivity index (χ0v) is 11.3. The monoisotopic (exact) mass is 255 g/mol. The molecule has 0 radical (unpaired) electrons. The first-order valence-electron chi connectivity index (χ1n) is 6.47. The fourth-order valence-electron chi connectivity index (χ4n) is 2.42. The molecule has 1 heterocycles. The molecule has 0 bridgehead atoms. The number of nitrogens with zero attached hydrogens (tertiary/aromatic N) is 1. The van der Waals surface area contributed by atoms with Crippen LogP contribution in [0.25, 0.3) is 0 Å². The van der Waals surface area contributed by atoms with E-state index in [0.29, 0.717) is 24.1 Å². The Kier molecular flexibility index (Phi) is 3.71. The summed E-state index contributed by atoms with van der Waals surface area (Å²) in [5.41, 5.74) is 2.87. The van der Waals surface area contributed by atoms with Crippen molar-refractivity contribution in [2.75, 3.05) is 6.54 Å². The Balaban J connectivity index is 2.22. The summed E-state index contributed by atoms with van der Waals surface area (Å²) in [7, 11) is 0. The zero-order chi connectivity index (χ0) is 14.0. The maximum Gasteiger partial charge on any atom is 0.261 e. The fraction of sp³-hybridized carbons (Fsp3) is 0.375. The molecule has 1 aliphatic heterocycles. The second-order valence-electron chi connectivity index (χ2n) is 4.87. The third-order valence-electron chi connectivity index (χ3n) is 3.49. The highest BCUT2D eigenvalue weighted by Crippen LogP contribution is 2.28. The van der Waals surface area contributed by atoms with Gasteiger partial charge in [0.15, 0.2) is 0 Å². The molecule has 3 heteroatoms. The summed E-state index contributed by atoms with van der Waals surface area (Å²) in [6, 6.07) is 3.78. The first kappa shape index (κ1) is 13.4. The van der Waals surface area contributed by atoms with E-state index in [1.807, 2.05) is 26.0 Å². The van der Waals surface area contributed by atoms with Crippen LogP contribution in [0, 0.1) is 26.2 Å². The first-order chi connectivity index (χ1) is 9.07. The number of unbranched alkanes of at least 4 members (excludes halogenated alkanes) is 2. The van der Waals surface area contributed by atoms with Crippen LogP contribution in [0.5, 0.6) is 0 Å². The third kappa shape index (κ3) is 2.26. The van der Waals surface area contributed by atoms with E-state index in [1.165, 1.54) is 4.90 Å². The van der Waals surface area contributed by atoms with E-state index in [4.69, 9.17) is 6.42 Å². The molecule has 0 N–H and O–H groups in total. The summed E-state index contributed by atoms with van der Waals surface area (Å²) in [6.07, 6.45) is 7.46. The number of hydrogen-bond acceptors (Lipinski definition) is 2. The molecule has 0 unspecified atom stereocenters. The Morgan fingerprint density at radius 3 is 2.05 bits per heavy atom. The number of amides is 2. The van der Waals surface area contributed by atoms with Crippen LogP contribution in [0.1, 0.15) is 51.1 Å². The Labute approximate surface area is 113 Å². The molecular formula is C16H17NO2. The molecule has 0 spiro atoms. The van der Waals surface area contributed by atoms with Gasteiger partial charge in [-0.3, -0.25) is 14.5 Å². The molecule has 2 amide bonds. The number of terminal acetylenes is 1. The Bertz CT molecular complexity index is 540.